The molecule has 2 nitrogen and oxygen atoms in total. The molecule has 2 rings (SSSR count). The Morgan fingerprint density at radius 2 is 1.75 bits per heavy atom. The standard InChI is InChI=1S/C12H16ClNO.ClH/c13-11-3-1-9(2-4-11)12(14)10-5-7-15-8-6-10;/h1-4,10,12H,5-8,14H2;1H/t12-;/m0./s1. The third-order valence-electron chi connectivity index (χ3n) is 3.03. The quantitative estimate of drug-likeness (QED) is 0.888. The van der Waals surface area contributed by atoms with Crippen LogP contribution in [-0.2, 0) is 4.74 Å². The lowest BCUT2D eigenvalue weighted by Crippen LogP contribution is -2.27. The van der Waals surface area contributed by atoms with Gasteiger partial charge in [-0.05, 0) is 36.5 Å². The molecular formula is C12H17Cl2NO. The summed E-state index contributed by atoms with van der Waals surface area (Å²) in [5.74, 6) is 0.542. The Bertz CT molecular complexity index is 309. The number of benzene rings is 1. The highest BCUT2D eigenvalue weighted by atomic mass is 35.5. The summed E-state index contributed by atoms with van der Waals surface area (Å²) in [6.07, 6.45) is 2.12. The molecule has 1 heterocycles. The van der Waals surface area contributed by atoms with Crippen LogP contribution in [0.15, 0.2) is 24.3 Å². The van der Waals surface area contributed by atoms with Gasteiger partial charge in [-0.3, -0.25) is 0 Å². The van der Waals surface area contributed by atoms with E-state index in [0.29, 0.717) is 5.92 Å². The first-order valence-corrected chi connectivity index (χ1v) is 5.74. The molecule has 0 amide bonds. The van der Waals surface area contributed by atoms with E-state index in [-0.39, 0.29) is 18.4 Å². The average molecular weight is 262 g/mol. The van der Waals surface area contributed by atoms with E-state index in [0.717, 1.165) is 31.1 Å². The monoisotopic (exact) mass is 261 g/mol. The summed E-state index contributed by atoms with van der Waals surface area (Å²) in [5.41, 5.74) is 7.39. The van der Waals surface area contributed by atoms with Crippen molar-refractivity contribution in [2.24, 2.45) is 11.7 Å². The smallest absolute Gasteiger partial charge is 0.0469 e. The third-order valence-corrected chi connectivity index (χ3v) is 3.28. The highest BCUT2D eigenvalue weighted by molar-refractivity contribution is 6.30. The summed E-state index contributed by atoms with van der Waals surface area (Å²) >= 11 is 5.84. The molecule has 1 aliphatic rings. The van der Waals surface area contributed by atoms with Crippen LogP contribution in [0.1, 0.15) is 24.4 Å². The second kappa shape index (κ2) is 6.45. The van der Waals surface area contributed by atoms with Gasteiger partial charge in [-0.1, -0.05) is 23.7 Å². The van der Waals surface area contributed by atoms with Crippen molar-refractivity contribution in [2.45, 2.75) is 18.9 Å². The Morgan fingerprint density at radius 3 is 2.31 bits per heavy atom. The zero-order valence-corrected chi connectivity index (χ0v) is 10.6. The lowest BCUT2D eigenvalue weighted by Gasteiger charge is -2.27. The van der Waals surface area contributed by atoms with Gasteiger partial charge in [0.25, 0.3) is 0 Å². The molecule has 0 unspecified atom stereocenters. The summed E-state index contributed by atoms with van der Waals surface area (Å²) < 4.78 is 5.33. The van der Waals surface area contributed by atoms with E-state index in [1.807, 2.05) is 24.3 Å². The number of hydrogen-bond donors (Lipinski definition) is 1. The van der Waals surface area contributed by atoms with Gasteiger partial charge in [0.15, 0.2) is 0 Å². The van der Waals surface area contributed by atoms with E-state index in [2.05, 4.69) is 0 Å². The molecule has 0 spiro atoms. The van der Waals surface area contributed by atoms with Crippen LogP contribution in [0.3, 0.4) is 0 Å². The van der Waals surface area contributed by atoms with Crippen LogP contribution in [0.5, 0.6) is 0 Å². The highest BCUT2D eigenvalue weighted by Gasteiger charge is 2.21. The molecule has 0 aromatic heterocycles. The van der Waals surface area contributed by atoms with Gasteiger partial charge < -0.3 is 10.5 Å². The zero-order valence-electron chi connectivity index (χ0n) is 9.06. The molecular weight excluding hydrogens is 245 g/mol. The van der Waals surface area contributed by atoms with E-state index in [9.17, 15) is 0 Å². The van der Waals surface area contributed by atoms with E-state index in [4.69, 9.17) is 22.1 Å². The molecule has 1 atom stereocenters. The first-order valence-electron chi connectivity index (χ1n) is 5.36. The topological polar surface area (TPSA) is 35.2 Å². The maximum absolute atomic E-state index is 6.22. The van der Waals surface area contributed by atoms with E-state index >= 15 is 0 Å². The van der Waals surface area contributed by atoms with E-state index in [1.165, 1.54) is 5.56 Å². The zero-order chi connectivity index (χ0) is 10.7. The van der Waals surface area contributed by atoms with Gasteiger partial charge in [-0.25, -0.2) is 0 Å². The minimum atomic E-state index is 0. The first-order chi connectivity index (χ1) is 7.27. The SMILES string of the molecule is Cl.N[C@@H](c1ccc(Cl)cc1)C1CCOCC1. The predicted molar refractivity (Wildman–Crippen MR) is 69.2 cm³/mol. The van der Waals surface area contributed by atoms with Gasteiger partial charge in [0.2, 0.25) is 0 Å². The Balaban J connectivity index is 0.00000128. The molecule has 0 bridgehead atoms. The number of hydrogen-bond acceptors (Lipinski definition) is 2. The van der Waals surface area contributed by atoms with Crippen molar-refractivity contribution in [2.75, 3.05) is 13.2 Å². The van der Waals surface area contributed by atoms with Crippen LogP contribution in [0.2, 0.25) is 5.02 Å². The fourth-order valence-corrected chi connectivity index (χ4v) is 2.16. The number of halogens is 2. The Hall–Kier alpha value is -0.280. The largest absolute Gasteiger partial charge is 0.381 e. The van der Waals surface area contributed by atoms with Crippen LogP contribution >= 0.6 is 24.0 Å². The maximum Gasteiger partial charge on any atom is 0.0469 e. The van der Waals surface area contributed by atoms with Crippen molar-refractivity contribution in [3.63, 3.8) is 0 Å². The van der Waals surface area contributed by atoms with Crippen LogP contribution in [0, 0.1) is 5.92 Å². The van der Waals surface area contributed by atoms with Gasteiger partial charge in [0.1, 0.15) is 0 Å². The fourth-order valence-electron chi connectivity index (χ4n) is 2.03. The predicted octanol–water partition coefficient (Wildman–Crippen LogP) is 3.19. The normalized spacial score (nSPS) is 18.9. The van der Waals surface area contributed by atoms with Crippen LogP contribution in [0.4, 0.5) is 0 Å². The molecule has 0 aliphatic carbocycles. The van der Waals surface area contributed by atoms with Gasteiger partial charge in [0.05, 0.1) is 0 Å². The molecule has 0 saturated carbocycles. The minimum Gasteiger partial charge on any atom is -0.381 e. The van der Waals surface area contributed by atoms with Gasteiger partial charge >= 0.3 is 0 Å². The van der Waals surface area contributed by atoms with Crippen molar-refractivity contribution in [1.82, 2.24) is 0 Å². The van der Waals surface area contributed by atoms with E-state index in [1.54, 1.807) is 0 Å². The number of nitrogens with two attached hydrogens (primary N) is 1. The molecule has 90 valence electrons. The van der Waals surface area contributed by atoms with Crippen LogP contribution in [0.25, 0.3) is 0 Å². The Kier molecular flexibility index (Phi) is 5.56. The first kappa shape index (κ1) is 13.8. The van der Waals surface area contributed by atoms with Crippen LogP contribution < -0.4 is 5.73 Å². The van der Waals surface area contributed by atoms with Crippen molar-refractivity contribution in [3.05, 3.63) is 34.9 Å². The molecule has 1 aliphatic heterocycles. The average Bonchev–Trinajstić information content (AvgIpc) is 2.30. The fraction of sp³-hybridized carbons (Fsp3) is 0.500. The second-order valence-corrected chi connectivity index (χ2v) is 4.46. The lowest BCUT2D eigenvalue weighted by atomic mass is 9.88. The van der Waals surface area contributed by atoms with Gasteiger partial charge in [-0.15, -0.1) is 12.4 Å². The summed E-state index contributed by atoms with van der Waals surface area (Å²) in [7, 11) is 0. The summed E-state index contributed by atoms with van der Waals surface area (Å²) in [4.78, 5) is 0. The van der Waals surface area contributed by atoms with Crippen molar-refractivity contribution >= 4 is 24.0 Å². The highest BCUT2D eigenvalue weighted by Crippen LogP contribution is 2.28. The molecule has 2 N–H and O–H groups in total. The number of rotatable bonds is 2. The minimum absolute atomic E-state index is 0. The Labute approximate surface area is 108 Å². The van der Waals surface area contributed by atoms with Gasteiger partial charge in [0, 0.05) is 24.3 Å². The third kappa shape index (κ3) is 3.36. The maximum atomic E-state index is 6.22. The summed E-state index contributed by atoms with van der Waals surface area (Å²) in [6.45, 7) is 1.68. The molecule has 1 fully saturated rings. The molecule has 4 heteroatoms. The second-order valence-electron chi connectivity index (χ2n) is 4.03. The molecule has 1 aromatic carbocycles. The number of ether oxygens (including phenoxy) is 1. The molecule has 1 saturated heterocycles. The lowest BCUT2D eigenvalue weighted by molar-refractivity contribution is 0.0584. The summed E-state index contributed by atoms with van der Waals surface area (Å²) in [6, 6.07) is 7.95. The van der Waals surface area contributed by atoms with E-state index < -0.39 is 0 Å². The van der Waals surface area contributed by atoms with Crippen molar-refractivity contribution in [3.8, 4) is 0 Å². The summed E-state index contributed by atoms with van der Waals surface area (Å²) in [5, 5.41) is 0.762. The molecule has 0 radical (unpaired) electrons. The van der Waals surface area contributed by atoms with Crippen LogP contribution in [-0.4, -0.2) is 13.2 Å². The molecule has 1 aromatic rings. The molecule has 16 heavy (non-hydrogen) atoms. The van der Waals surface area contributed by atoms with Crippen molar-refractivity contribution < 1.29 is 4.74 Å². The van der Waals surface area contributed by atoms with Gasteiger partial charge in [-0.2, -0.15) is 0 Å². The Morgan fingerprint density at radius 1 is 1.19 bits per heavy atom. The van der Waals surface area contributed by atoms with Crippen molar-refractivity contribution in [1.29, 1.82) is 0 Å².